The first-order chi connectivity index (χ1) is 9.02. The molecule has 1 heterocycles. The van der Waals surface area contributed by atoms with Crippen LogP contribution < -0.4 is 5.73 Å². The van der Waals surface area contributed by atoms with Gasteiger partial charge in [0.2, 0.25) is 0 Å². The number of non-ortho nitro benzene ring substituents is 1. The first kappa shape index (κ1) is 14.0. The number of nitro groups is 1. The maximum absolute atomic E-state index is 12.3. The Bertz CT molecular complexity index is 521. The molecular weight excluding hydrogens is 314 g/mol. The number of nitrogens with zero attached hydrogens (tertiary/aromatic N) is 2. The number of benzene rings is 1. The largest absolute Gasteiger partial charge is 0.338 e. The van der Waals surface area contributed by atoms with Crippen LogP contribution in [0.25, 0.3) is 0 Å². The predicted octanol–water partition coefficient (Wildman–Crippen LogP) is 1.78. The molecule has 2 rings (SSSR count). The molecule has 6 nitrogen and oxygen atoms in total. The molecule has 1 fully saturated rings. The Hall–Kier alpha value is -1.47. The number of likely N-dealkylation sites (tertiary alicyclic amines) is 1. The Labute approximate surface area is 118 Å². The number of carbonyl (C=O) groups is 1. The van der Waals surface area contributed by atoms with Gasteiger partial charge in [0, 0.05) is 29.7 Å². The summed E-state index contributed by atoms with van der Waals surface area (Å²) in [5.74, 6) is 0.235. The van der Waals surface area contributed by atoms with E-state index in [-0.39, 0.29) is 11.6 Å². The average molecular weight is 328 g/mol. The van der Waals surface area contributed by atoms with E-state index in [4.69, 9.17) is 5.73 Å². The van der Waals surface area contributed by atoms with Crippen LogP contribution in [0.2, 0.25) is 0 Å². The molecule has 0 bridgehead atoms. The van der Waals surface area contributed by atoms with Gasteiger partial charge in [0.25, 0.3) is 11.6 Å². The van der Waals surface area contributed by atoms with Crippen LogP contribution in [0.4, 0.5) is 5.69 Å². The Morgan fingerprint density at radius 3 is 2.84 bits per heavy atom. The summed E-state index contributed by atoms with van der Waals surface area (Å²) in [5.41, 5.74) is 6.01. The van der Waals surface area contributed by atoms with Crippen LogP contribution in [0, 0.1) is 16.0 Å². The van der Waals surface area contributed by atoms with Crippen molar-refractivity contribution < 1.29 is 9.72 Å². The summed E-state index contributed by atoms with van der Waals surface area (Å²) < 4.78 is 0.447. The second-order valence-corrected chi connectivity index (χ2v) is 5.42. The summed E-state index contributed by atoms with van der Waals surface area (Å²) >= 11 is 3.22. The zero-order valence-corrected chi connectivity index (χ0v) is 11.8. The molecule has 1 aromatic rings. The normalized spacial score (nSPS) is 18.6. The van der Waals surface area contributed by atoms with E-state index in [1.165, 1.54) is 18.2 Å². The quantitative estimate of drug-likeness (QED) is 0.676. The highest BCUT2D eigenvalue weighted by molar-refractivity contribution is 9.10. The van der Waals surface area contributed by atoms with Gasteiger partial charge in [-0.15, -0.1) is 0 Å². The van der Waals surface area contributed by atoms with Crippen LogP contribution in [-0.2, 0) is 0 Å². The number of nitrogens with two attached hydrogens (primary N) is 1. The summed E-state index contributed by atoms with van der Waals surface area (Å²) in [6, 6.07) is 4.18. The highest BCUT2D eigenvalue weighted by atomic mass is 79.9. The van der Waals surface area contributed by atoms with Gasteiger partial charge in [-0.25, -0.2) is 0 Å². The average Bonchev–Trinajstić information content (AvgIpc) is 2.86. The fourth-order valence-electron chi connectivity index (χ4n) is 2.17. The number of amides is 1. The standard InChI is InChI=1S/C12H14BrN3O3/c13-11-5-9(16(18)19)1-2-10(11)12(17)15-4-3-8(6-14)7-15/h1-2,5,8H,3-4,6-7,14H2. The zero-order chi connectivity index (χ0) is 14.0. The molecule has 1 aliphatic rings. The number of hydrogen-bond donors (Lipinski definition) is 1. The van der Waals surface area contributed by atoms with E-state index in [0.717, 1.165) is 6.42 Å². The van der Waals surface area contributed by atoms with E-state index < -0.39 is 4.92 Å². The molecular formula is C12H14BrN3O3. The maximum atomic E-state index is 12.3. The third-order valence-electron chi connectivity index (χ3n) is 3.30. The van der Waals surface area contributed by atoms with E-state index in [2.05, 4.69) is 15.9 Å². The molecule has 0 aliphatic carbocycles. The van der Waals surface area contributed by atoms with Crippen molar-refractivity contribution in [3.63, 3.8) is 0 Å². The Kier molecular flexibility index (Phi) is 4.16. The first-order valence-corrected chi connectivity index (χ1v) is 6.75. The monoisotopic (exact) mass is 327 g/mol. The minimum absolute atomic E-state index is 0.0373. The highest BCUT2D eigenvalue weighted by Gasteiger charge is 2.27. The van der Waals surface area contributed by atoms with Gasteiger partial charge in [-0.1, -0.05) is 0 Å². The Morgan fingerprint density at radius 2 is 2.32 bits per heavy atom. The van der Waals surface area contributed by atoms with Gasteiger partial charge >= 0.3 is 0 Å². The van der Waals surface area contributed by atoms with Crippen LogP contribution in [0.15, 0.2) is 22.7 Å². The minimum Gasteiger partial charge on any atom is -0.338 e. The van der Waals surface area contributed by atoms with E-state index in [1.807, 2.05) is 0 Å². The maximum Gasteiger partial charge on any atom is 0.270 e. The van der Waals surface area contributed by atoms with E-state index in [1.54, 1.807) is 4.90 Å². The zero-order valence-electron chi connectivity index (χ0n) is 10.2. The third-order valence-corrected chi connectivity index (χ3v) is 3.96. The van der Waals surface area contributed by atoms with Gasteiger partial charge in [-0.3, -0.25) is 14.9 Å². The smallest absolute Gasteiger partial charge is 0.270 e. The van der Waals surface area contributed by atoms with Gasteiger partial charge in [0.1, 0.15) is 0 Å². The van der Waals surface area contributed by atoms with Crippen molar-refractivity contribution >= 4 is 27.5 Å². The molecule has 1 aromatic carbocycles. The summed E-state index contributed by atoms with van der Waals surface area (Å²) in [4.78, 5) is 24.2. The molecule has 2 N–H and O–H groups in total. The molecule has 19 heavy (non-hydrogen) atoms. The molecule has 0 spiro atoms. The molecule has 102 valence electrons. The molecule has 0 saturated carbocycles. The summed E-state index contributed by atoms with van der Waals surface area (Å²) in [6.45, 7) is 1.91. The van der Waals surface area contributed by atoms with Crippen molar-refractivity contribution in [2.45, 2.75) is 6.42 Å². The molecule has 1 atom stereocenters. The number of rotatable bonds is 3. The van der Waals surface area contributed by atoms with Crippen molar-refractivity contribution in [1.82, 2.24) is 4.90 Å². The molecule has 1 amide bonds. The first-order valence-electron chi connectivity index (χ1n) is 5.96. The van der Waals surface area contributed by atoms with Crippen molar-refractivity contribution in [3.05, 3.63) is 38.3 Å². The fourth-order valence-corrected chi connectivity index (χ4v) is 2.71. The summed E-state index contributed by atoms with van der Waals surface area (Å²) in [5, 5.41) is 10.6. The lowest BCUT2D eigenvalue weighted by atomic mass is 10.1. The summed E-state index contributed by atoms with van der Waals surface area (Å²) in [6.07, 6.45) is 0.910. The van der Waals surface area contributed by atoms with Crippen molar-refractivity contribution in [3.8, 4) is 0 Å². The van der Waals surface area contributed by atoms with Crippen LogP contribution >= 0.6 is 15.9 Å². The fraction of sp³-hybridized carbons (Fsp3) is 0.417. The van der Waals surface area contributed by atoms with Crippen molar-refractivity contribution in [2.24, 2.45) is 11.7 Å². The van der Waals surface area contributed by atoms with Gasteiger partial charge in [0.15, 0.2) is 0 Å². The lowest BCUT2D eigenvalue weighted by molar-refractivity contribution is -0.384. The van der Waals surface area contributed by atoms with E-state index in [9.17, 15) is 14.9 Å². The Morgan fingerprint density at radius 1 is 1.58 bits per heavy atom. The summed E-state index contributed by atoms with van der Waals surface area (Å²) in [7, 11) is 0. The molecule has 1 saturated heterocycles. The van der Waals surface area contributed by atoms with Crippen molar-refractivity contribution in [1.29, 1.82) is 0 Å². The second kappa shape index (κ2) is 5.66. The number of carbonyl (C=O) groups excluding carboxylic acids is 1. The van der Waals surface area contributed by atoms with Gasteiger partial charge in [-0.05, 0) is 40.9 Å². The van der Waals surface area contributed by atoms with Gasteiger partial charge in [0.05, 0.1) is 10.5 Å². The second-order valence-electron chi connectivity index (χ2n) is 4.56. The highest BCUT2D eigenvalue weighted by Crippen LogP contribution is 2.26. The molecule has 0 radical (unpaired) electrons. The number of hydrogen-bond acceptors (Lipinski definition) is 4. The lowest BCUT2D eigenvalue weighted by Gasteiger charge is -2.17. The number of halogens is 1. The minimum atomic E-state index is -0.487. The van der Waals surface area contributed by atoms with Crippen LogP contribution in [0.3, 0.4) is 0 Å². The Balaban J connectivity index is 2.18. The molecule has 1 unspecified atom stereocenters. The molecule has 1 aliphatic heterocycles. The molecule has 7 heteroatoms. The lowest BCUT2D eigenvalue weighted by Crippen LogP contribution is -2.30. The molecule has 0 aromatic heterocycles. The topological polar surface area (TPSA) is 89.5 Å². The van der Waals surface area contributed by atoms with Crippen LogP contribution in [-0.4, -0.2) is 35.4 Å². The SMILES string of the molecule is NCC1CCN(C(=O)c2ccc([N+](=O)[O-])cc2Br)C1. The van der Waals surface area contributed by atoms with Crippen LogP contribution in [0.5, 0.6) is 0 Å². The predicted molar refractivity (Wildman–Crippen MR) is 73.9 cm³/mol. The van der Waals surface area contributed by atoms with Crippen molar-refractivity contribution in [2.75, 3.05) is 19.6 Å². The van der Waals surface area contributed by atoms with Gasteiger partial charge in [-0.2, -0.15) is 0 Å². The number of nitro benzene ring substituents is 1. The third kappa shape index (κ3) is 2.93. The van der Waals surface area contributed by atoms with E-state index in [0.29, 0.717) is 35.6 Å². The van der Waals surface area contributed by atoms with Crippen LogP contribution in [0.1, 0.15) is 16.8 Å². The van der Waals surface area contributed by atoms with Gasteiger partial charge < -0.3 is 10.6 Å². The van der Waals surface area contributed by atoms with E-state index >= 15 is 0 Å².